The Morgan fingerprint density at radius 1 is 0.500 bits per heavy atom. The Morgan fingerprint density at radius 3 is 2.10 bits per heavy atom. The number of para-hydroxylation sites is 4. The molecule has 5 heterocycles. The van der Waals surface area contributed by atoms with Gasteiger partial charge < -0.3 is 19.3 Å². The van der Waals surface area contributed by atoms with E-state index in [-0.39, 0.29) is 11.1 Å². The smallest absolute Gasteiger partial charge is 0.137 e. The van der Waals surface area contributed by atoms with Crippen LogP contribution in [-0.2, 0) is 0 Å². The van der Waals surface area contributed by atoms with Crippen LogP contribution in [0.25, 0.3) is 61.0 Å². The van der Waals surface area contributed by atoms with Gasteiger partial charge in [0.05, 0.1) is 28.1 Å². The summed E-state index contributed by atoms with van der Waals surface area (Å²) in [6.07, 6.45) is 1.59. The van der Waals surface area contributed by atoms with Gasteiger partial charge in [0.2, 0.25) is 0 Å². The molecule has 10 bridgehead atoms. The van der Waals surface area contributed by atoms with Crippen LogP contribution in [0.3, 0.4) is 0 Å². The van der Waals surface area contributed by atoms with E-state index in [1.54, 1.807) is 30.5 Å². The van der Waals surface area contributed by atoms with Crippen LogP contribution in [0, 0.1) is 13.7 Å². The molecule has 10 aromatic rings. The minimum atomic E-state index is -2.57. The van der Waals surface area contributed by atoms with Crippen LogP contribution in [0.2, 0.25) is 0 Å². The molecule has 8 aromatic carbocycles. The van der Waals surface area contributed by atoms with Crippen molar-refractivity contribution in [2.24, 2.45) is 0 Å². The molecule has 0 aliphatic carbocycles. The van der Waals surface area contributed by atoms with Crippen molar-refractivity contribution in [2.45, 2.75) is 13.7 Å². The number of benzene rings is 8. The third kappa shape index (κ3) is 5.91. The Bertz CT molecular complexity index is 3620. The number of pyridine rings is 1. The van der Waals surface area contributed by atoms with Crippen molar-refractivity contribution in [3.8, 4) is 62.2 Å². The molecule has 296 valence electrons. The molecule has 3 aliphatic heterocycles. The van der Waals surface area contributed by atoms with Gasteiger partial charge >= 0.3 is 0 Å². The highest BCUT2D eigenvalue weighted by Gasteiger charge is 2.31. The second kappa shape index (κ2) is 14.3. The normalized spacial score (nSPS) is 14.6. The maximum absolute atomic E-state index is 8.87. The fourth-order valence-electron chi connectivity index (χ4n) is 9.12. The molecule has 0 spiro atoms. The summed E-state index contributed by atoms with van der Waals surface area (Å²) in [5.74, 6) is 2.51. The van der Waals surface area contributed by atoms with Crippen molar-refractivity contribution in [3.63, 3.8) is 0 Å². The predicted molar refractivity (Wildman–Crippen MR) is 253 cm³/mol. The van der Waals surface area contributed by atoms with E-state index < -0.39 is 13.7 Å². The first-order valence-electron chi connectivity index (χ1n) is 23.5. The molecule has 0 atom stereocenters. The maximum atomic E-state index is 8.87. The molecule has 13 rings (SSSR count). The first-order chi connectivity index (χ1) is 33.0. The summed E-state index contributed by atoms with van der Waals surface area (Å²) in [5, 5.41) is 1.43. The lowest BCUT2D eigenvalue weighted by Gasteiger charge is -2.27. The molecule has 0 radical (unpaired) electrons. The maximum Gasteiger partial charge on any atom is 0.137 e. The molecule has 0 unspecified atom stereocenters. The molecule has 62 heavy (non-hydrogen) atoms. The lowest BCUT2D eigenvalue weighted by molar-refractivity contribution is 0.483. The second-order valence-corrected chi connectivity index (χ2v) is 15.6. The van der Waals surface area contributed by atoms with E-state index in [1.807, 2.05) is 89.5 Å². The van der Waals surface area contributed by atoms with Crippen molar-refractivity contribution in [1.82, 2.24) is 9.55 Å². The zero-order chi connectivity index (χ0) is 46.3. The number of aromatic nitrogens is 2. The van der Waals surface area contributed by atoms with Gasteiger partial charge in [-0.05, 0) is 103 Å². The van der Waals surface area contributed by atoms with Crippen LogP contribution >= 0.6 is 0 Å². The van der Waals surface area contributed by atoms with Crippen LogP contribution < -0.4 is 19.3 Å². The fourth-order valence-corrected chi connectivity index (χ4v) is 9.12. The van der Waals surface area contributed by atoms with E-state index >= 15 is 0 Å². The van der Waals surface area contributed by atoms with E-state index in [2.05, 4.69) is 88.7 Å². The summed E-state index contributed by atoms with van der Waals surface area (Å²) in [5.41, 5.74) is 10.7. The Balaban J connectivity index is 1.11. The number of rotatable bonds is 1. The first kappa shape index (κ1) is 30.0. The standard InChI is InChI=1S/C56H40N4O2/c1-36-25-28-50-48(29-36)46-27-26-43-33-53(46)60(50)55-30-37(2)49(34-57-55)47-19-6-9-24-54(47)62-41-17-10-15-39(31-41)45-21-12-20-44(38-13-4-3-5-14-38)56(45)59-35-58(51-22-7-8-23-52(51)59)40-16-11-18-42(32-40)61-43/h3-34H,35H2,1-2H3/i1D3,2D3. The Labute approximate surface area is 368 Å². The Morgan fingerprint density at radius 2 is 1.23 bits per heavy atom. The van der Waals surface area contributed by atoms with Crippen molar-refractivity contribution >= 4 is 44.6 Å². The fraction of sp³-hybridized carbons (Fsp3) is 0.0536. The zero-order valence-corrected chi connectivity index (χ0v) is 33.3. The van der Waals surface area contributed by atoms with Gasteiger partial charge in [0, 0.05) is 65.3 Å². The third-order valence-electron chi connectivity index (χ3n) is 11.9. The number of nitrogens with zero attached hydrogens (tertiary/aromatic N) is 4. The second-order valence-electron chi connectivity index (χ2n) is 15.6. The molecular weight excluding hydrogens is 761 g/mol. The van der Waals surface area contributed by atoms with Gasteiger partial charge in [-0.1, -0.05) is 109 Å². The predicted octanol–water partition coefficient (Wildman–Crippen LogP) is 14.9. The number of anilines is 4. The summed E-state index contributed by atoms with van der Waals surface area (Å²) < 4.78 is 66.6. The lowest BCUT2D eigenvalue weighted by atomic mass is 9.94. The van der Waals surface area contributed by atoms with E-state index in [1.165, 1.54) is 0 Å². The summed E-state index contributed by atoms with van der Waals surface area (Å²) in [6.45, 7) is -4.41. The van der Waals surface area contributed by atoms with Crippen LogP contribution in [0.5, 0.6) is 23.0 Å². The topological polar surface area (TPSA) is 42.8 Å². The molecule has 0 saturated heterocycles. The molecule has 0 N–H and O–H groups in total. The number of hydrogen-bond donors (Lipinski definition) is 0. The Kier molecular flexibility index (Phi) is 6.91. The van der Waals surface area contributed by atoms with Gasteiger partial charge in [-0.3, -0.25) is 4.57 Å². The summed E-state index contributed by atoms with van der Waals surface area (Å²) in [6, 6.07) is 61.0. The number of fused-ring (bicyclic) bond motifs is 5. The Hall–Kier alpha value is -8.09. The molecule has 0 amide bonds. The lowest BCUT2D eigenvalue weighted by Crippen LogP contribution is -2.25. The highest BCUT2D eigenvalue weighted by atomic mass is 16.5. The van der Waals surface area contributed by atoms with Crippen molar-refractivity contribution in [3.05, 3.63) is 205 Å². The van der Waals surface area contributed by atoms with Crippen molar-refractivity contribution in [2.75, 3.05) is 16.5 Å². The van der Waals surface area contributed by atoms with E-state index in [4.69, 9.17) is 22.7 Å². The van der Waals surface area contributed by atoms with E-state index in [0.717, 1.165) is 50.4 Å². The van der Waals surface area contributed by atoms with Gasteiger partial charge in [0.15, 0.2) is 0 Å². The zero-order valence-electron chi connectivity index (χ0n) is 39.3. The van der Waals surface area contributed by atoms with Gasteiger partial charge in [0.25, 0.3) is 0 Å². The van der Waals surface area contributed by atoms with Crippen LogP contribution in [0.15, 0.2) is 194 Å². The minimum absolute atomic E-state index is 0.0748. The van der Waals surface area contributed by atoms with Crippen LogP contribution in [-0.4, -0.2) is 16.2 Å². The van der Waals surface area contributed by atoms with Crippen molar-refractivity contribution < 1.29 is 17.7 Å². The number of ether oxygens (including phenoxy) is 2. The average Bonchev–Trinajstić information content (AvgIpc) is 3.89. The SMILES string of the molecule is [2H]C([2H])([2H])c1ccc2c(c1)c1ccc3cc1n2-c1cc(C([2H])([2H])[2H])c(cn1)-c1ccccc1Oc1cccc(c1)-c1cccc(-c2ccccc2)c1N1CN(c2cccc(c2)O3)c2ccccc21. The molecule has 3 aliphatic rings. The van der Waals surface area contributed by atoms with E-state index in [0.29, 0.717) is 63.0 Å². The van der Waals surface area contributed by atoms with Gasteiger partial charge in [0.1, 0.15) is 35.5 Å². The van der Waals surface area contributed by atoms with E-state index in [9.17, 15) is 0 Å². The number of hydrogen-bond acceptors (Lipinski definition) is 5. The van der Waals surface area contributed by atoms with Crippen LogP contribution in [0.1, 0.15) is 19.4 Å². The van der Waals surface area contributed by atoms with Gasteiger partial charge in [-0.15, -0.1) is 0 Å². The summed E-state index contributed by atoms with van der Waals surface area (Å²) in [7, 11) is 0. The highest BCUT2D eigenvalue weighted by Crippen LogP contribution is 2.51. The molecule has 2 aromatic heterocycles. The number of aryl methyl sites for hydroxylation is 2. The monoisotopic (exact) mass is 806 g/mol. The largest absolute Gasteiger partial charge is 0.457 e. The average molecular weight is 807 g/mol. The molecule has 6 heteroatoms. The summed E-state index contributed by atoms with van der Waals surface area (Å²) in [4.78, 5) is 9.63. The molecule has 0 fully saturated rings. The third-order valence-corrected chi connectivity index (χ3v) is 11.9. The molecule has 6 nitrogen and oxygen atoms in total. The minimum Gasteiger partial charge on any atom is -0.457 e. The van der Waals surface area contributed by atoms with Gasteiger partial charge in [-0.25, -0.2) is 4.98 Å². The first-order valence-corrected chi connectivity index (χ1v) is 20.5. The van der Waals surface area contributed by atoms with Gasteiger partial charge in [-0.2, -0.15) is 0 Å². The summed E-state index contributed by atoms with van der Waals surface area (Å²) >= 11 is 0. The quantitative estimate of drug-likeness (QED) is 0.165. The van der Waals surface area contributed by atoms with Crippen molar-refractivity contribution in [1.29, 1.82) is 0 Å². The molecular formula is C56H40N4O2. The molecule has 0 saturated carbocycles. The van der Waals surface area contributed by atoms with Crippen LogP contribution in [0.4, 0.5) is 22.7 Å². The highest BCUT2D eigenvalue weighted by molar-refractivity contribution is 6.10.